The molecule has 6 nitrogen and oxygen atoms in total. The van der Waals surface area contributed by atoms with E-state index in [-0.39, 0.29) is 23.8 Å². The van der Waals surface area contributed by atoms with Crippen molar-refractivity contribution in [1.29, 1.82) is 0 Å². The van der Waals surface area contributed by atoms with Crippen molar-refractivity contribution >= 4 is 17.5 Å². The molecule has 0 aromatic heterocycles. The van der Waals surface area contributed by atoms with Crippen LogP contribution in [0.15, 0.2) is 53.0 Å². The number of piperidine rings is 1. The van der Waals surface area contributed by atoms with Gasteiger partial charge in [-0.15, -0.1) is 0 Å². The Balaban J connectivity index is 1.28. The van der Waals surface area contributed by atoms with Crippen LogP contribution in [0.5, 0.6) is 5.75 Å². The van der Waals surface area contributed by atoms with Crippen molar-refractivity contribution in [1.82, 2.24) is 10.2 Å². The van der Waals surface area contributed by atoms with Crippen molar-refractivity contribution in [3.8, 4) is 16.9 Å². The molecule has 0 radical (unpaired) electrons. The molecule has 6 rings (SSSR count). The summed E-state index contributed by atoms with van der Waals surface area (Å²) in [6.45, 7) is 8.02. The molecule has 0 bridgehead atoms. The Kier molecular flexibility index (Phi) is 7.15. The fourth-order valence-electron chi connectivity index (χ4n) is 6.90. The van der Waals surface area contributed by atoms with E-state index in [0.29, 0.717) is 17.9 Å². The number of benzene rings is 2. The second-order valence-corrected chi connectivity index (χ2v) is 12.0. The molecule has 1 unspecified atom stereocenters. The zero-order chi connectivity index (χ0) is 27.0. The summed E-state index contributed by atoms with van der Waals surface area (Å²) in [6.07, 6.45) is 10.4. The monoisotopic (exact) mass is 525 g/mol. The van der Waals surface area contributed by atoms with Crippen LogP contribution in [0.25, 0.3) is 11.1 Å². The van der Waals surface area contributed by atoms with Crippen LogP contribution in [-0.4, -0.2) is 48.7 Å². The van der Waals surface area contributed by atoms with Crippen molar-refractivity contribution in [3.63, 3.8) is 0 Å². The lowest BCUT2D eigenvalue weighted by Gasteiger charge is -2.26. The third-order valence-corrected chi connectivity index (χ3v) is 9.13. The van der Waals surface area contributed by atoms with E-state index in [9.17, 15) is 9.59 Å². The summed E-state index contributed by atoms with van der Waals surface area (Å²) >= 11 is 0. The van der Waals surface area contributed by atoms with E-state index >= 15 is 0 Å². The fourth-order valence-corrected chi connectivity index (χ4v) is 6.90. The standard InChI is InChI=1S/C33H39N3O3/c1-22-16-23(2)35-32(38)28(22)19-34-31(37)26-17-27(30-29(18-26)33(21-39-30)12-4-5-13-33)25-10-8-24(9-11-25)20-36-14-6-3-7-15-36/h8-11,16-18,28H,3-7,12-15,19-21H2,1-2H3,(H,34,37). The quantitative estimate of drug-likeness (QED) is 0.515. The predicted octanol–water partition coefficient (Wildman–Crippen LogP) is 5.84. The van der Waals surface area contributed by atoms with Crippen molar-refractivity contribution in [2.45, 2.75) is 70.8 Å². The number of hydrogen-bond acceptors (Lipinski definition) is 4. The Bertz CT molecular complexity index is 1330. The van der Waals surface area contributed by atoms with Crippen LogP contribution in [0.4, 0.5) is 0 Å². The molecular formula is C33H39N3O3. The number of fused-ring (bicyclic) bond motifs is 2. The first-order valence-corrected chi connectivity index (χ1v) is 14.6. The van der Waals surface area contributed by atoms with E-state index in [1.165, 1.54) is 56.3 Å². The zero-order valence-electron chi connectivity index (χ0n) is 23.2. The number of hydrogen-bond donors (Lipinski definition) is 1. The van der Waals surface area contributed by atoms with Gasteiger partial charge >= 0.3 is 0 Å². The number of dihydropyridines is 1. The van der Waals surface area contributed by atoms with Gasteiger partial charge in [0.05, 0.1) is 12.5 Å². The van der Waals surface area contributed by atoms with E-state index in [1.807, 2.05) is 32.1 Å². The second kappa shape index (κ2) is 10.7. The zero-order valence-corrected chi connectivity index (χ0v) is 23.2. The number of amides is 2. The topological polar surface area (TPSA) is 71.0 Å². The number of ether oxygens (including phenoxy) is 1. The maximum atomic E-state index is 13.5. The highest BCUT2D eigenvalue weighted by atomic mass is 16.5. The molecule has 2 amide bonds. The van der Waals surface area contributed by atoms with Crippen molar-refractivity contribution in [2.75, 3.05) is 26.2 Å². The molecule has 2 fully saturated rings. The first-order valence-electron chi connectivity index (χ1n) is 14.6. The first kappa shape index (κ1) is 26.0. The smallest absolute Gasteiger partial charge is 0.254 e. The molecule has 2 aromatic carbocycles. The number of likely N-dealkylation sites (tertiary alicyclic amines) is 1. The molecular weight excluding hydrogens is 486 g/mol. The number of aliphatic imine (C=N–C) groups is 1. The van der Waals surface area contributed by atoms with Gasteiger partial charge in [-0.25, -0.2) is 4.99 Å². The van der Waals surface area contributed by atoms with Gasteiger partial charge in [0.25, 0.3) is 11.8 Å². The third kappa shape index (κ3) is 5.19. The maximum Gasteiger partial charge on any atom is 0.254 e. The van der Waals surface area contributed by atoms with Crippen molar-refractivity contribution < 1.29 is 14.3 Å². The highest BCUT2D eigenvalue weighted by molar-refractivity contribution is 6.06. The summed E-state index contributed by atoms with van der Waals surface area (Å²) in [6, 6.07) is 12.8. The molecule has 1 saturated heterocycles. The summed E-state index contributed by atoms with van der Waals surface area (Å²) in [5.41, 5.74) is 6.82. The maximum absolute atomic E-state index is 13.5. The van der Waals surface area contributed by atoms with Gasteiger partial charge in [0.15, 0.2) is 0 Å². The average molecular weight is 526 g/mol. The first-order chi connectivity index (χ1) is 18.9. The predicted molar refractivity (Wildman–Crippen MR) is 154 cm³/mol. The normalized spacial score (nSPS) is 22.3. The minimum absolute atomic E-state index is 0.000517. The van der Waals surface area contributed by atoms with E-state index < -0.39 is 5.92 Å². The van der Waals surface area contributed by atoms with E-state index in [0.717, 1.165) is 41.8 Å². The van der Waals surface area contributed by atoms with Gasteiger partial charge in [-0.2, -0.15) is 0 Å². The highest BCUT2D eigenvalue weighted by Crippen LogP contribution is 2.52. The van der Waals surface area contributed by atoms with Gasteiger partial charge in [-0.3, -0.25) is 14.5 Å². The van der Waals surface area contributed by atoms with Crippen LogP contribution in [0.3, 0.4) is 0 Å². The summed E-state index contributed by atoms with van der Waals surface area (Å²) in [5.74, 6) is 0.171. The minimum atomic E-state index is -0.413. The van der Waals surface area contributed by atoms with Crippen LogP contribution in [0.2, 0.25) is 0 Å². The largest absolute Gasteiger partial charge is 0.492 e. The van der Waals surface area contributed by atoms with Gasteiger partial charge in [0, 0.05) is 40.9 Å². The Morgan fingerprint density at radius 1 is 1.05 bits per heavy atom. The van der Waals surface area contributed by atoms with Crippen LogP contribution < -0.4 is 10.1 Å². The number of carbonyl (C=O) groups is 2. The van der Waals surface area contributed by atoms with Gasteiger partial charge in [-0.1, -0.05) is 49.1 Å². The molecule has 6 heteroatoms. The summed E-state index contributed by atoms with van der Waals surface area (Å²) in [5, 5.41) is 3.03. The number of carbonyl (C=O) groups excluding carboxylic acids is 2. The lowest BCUT2D eigenvalue weighted by molar-refractivity contribution is -0.120. The molecule has 1 aliphatic carbocycles. The van der Waals surface area contributed by atoms with Gasteiger partial charge in [0.2, 0.25) is 0 Å². The SMILES string of the molecule is CC1=CC(C)=NC(=O)C1CNC(=O)c1cc(-c2ccc(CN3CCCCC3)cc2)c2c(c1)C1(CCCC1)CO2. The number of nitrogens with one attached hydrogen (secondary N) is 1. The third-order valence-electron chi connectivity index (χ3n) is 9.13. The highest BCUT2D eigenvalue weighted by Gasteiger charge is 2.44. The fraction of sp³-hybridized carbons (Fsp3) is 0.485. The van der Waals surface area contributed by atoms with Crippen LogP contribution in [-0.2, 0) is 16.8 Å². The minimum Gasteiger partial charge on any atom is -0.492 e. The number of nitrogens with zero attached hydrogens (tertiary/aromatic N) is 2. The summed E-state index contributed by atoms with van der Waals surface area (Å²) in [7, 11) is 0. The molecule has 1 N–H and O–H groups in total. The molecule has 39 heavy (non-hydrogen) atoms. The average Bonchev–Trinajstić information content (AvgIpc) is 3.56. The Hall–Kier alpha value is -3.25. The lowest BCUT2D eigenvalue weighted by atomic mass is 9.79. The van der Waals surface area contributed by atoms with Crippen LogP contribution in [0.1, 0.15) is 80.3 Å². The Labute approximate surface area is 231 Å². The Morgan fingerprint density at radius 2 is 1.79 bits per heavy atom. The van der Waals surface area contributed by atoms with Crippen LogP contribution >= 0.6 is 0 Å². The molecule has 1 saturated carbocycles. The molecule has 1 atom stereocenters. The molecule has 1 spiro atoms. The van der Waals surface area contributed by atoms with E-state index in [2.05, 4.69) is 39.5 Å². The van der Waals surface area contributed by atoms with Crippen molar-refractivity contribution in [2.24, 2.45) is 10.9 Å². The summed E-state index contributed by atoms with van der Waals surface area (Å²) < 4.78 is 6.39. The lowest BCUT2D eigenvalue weighted by Crippen LogP contribution is -2.34. The van der Waals surface area contributed by atoms with Gasteiger partial charge in [0.1, 0.15) is 5.75 Å². The summed E-state index contributed by atoms with van der Waals surface area (Å²) in [4.78, 5) is 32.6. The van der Waals surface area contributed by atoms with E-state index in [1.54, 1.807) is 0 Å². The van der Waals surface area contributed by atoms with Crippen molar-refractivity contribution in [3.05, 3.63) is 64.7 Å². The molecule has 2 aromatic rings. The van der Waals surface area contributed by atoms with Gasteiger partial charge in [-0.05, 0) is 82.0 Å². The number of rotatable bonds is 6. The van der Waals surface area contributed by atoms with Gasteiger partial charge < -0.3 is 10.1 Å². The number of allylic oxidation sites excluding steroid dienone is 1. The van der Waals surface area contributed by atoms with E-state index in [4.69, 9.17) is 4.74 Å². The van der Waals surface area contributed by atoms with Crippen LogP contribution in [0, 0.1) is 5.92 Å². The second-order valence-electron chi connectivity index (χ2n) is 12.0. The molecule has 204 valence electrons. The Morgan fingerprint density at radius 3 is 2.51 bits per heavy atom. The molecule has 4 aliphatic rings. The molecule has 3 aliphatic heterocycles. The molecule has 3 heterocycles.